The molecule has 6 heteroatoms. The van der Waals surface area contributed by atoms with Gasteiger partial charge in [0.2, 0.25) is 0 Å². The SMILES string of the molecule is Cc1cc(B(O)O)ccc1OCCN1CCN(C)CC1. The molecule has 0 bridgehead atoms. The molecule has 1 aromatic rings. The van der Waals surface area contributed by atoms with E-state index in [4.69, 9.17) is 14.8 Å². The fourth-order valence-electron chi connectivity index (χ4n) is 2.35. The third kappa shape index (κ3) is 4.21. The first kappa shape index (κ1) is 15.3. The average Bonchev–Trinajstić information content (AvgIpc) is 2.42. The maximum absolute atomic E-state index is 9.11. The van der Waals surface area contributed by atoms with Crippen molar-refractivity contribution in [2.75, 3.05) is 46.4 Å². The quantitative estimate of drug-likeness (QED) is 0.698. The van der Waals surface area contributed by atoms with Crippen molar-refractivity contribution in [3.63, 3.8) is 0 Å². The van der Waals surface area contributed by atoms with Crippen LogP contribution in [-0.4, -0.2) is 73.3 Å². The number of rotatable bonds is 5. The molecule has 0 aromatic heterocycles. The van der Waals surface area contributed by atoms with Crippen LogP contribution < -0.4 is 10.2 Å². The van der Waals surface area contributed by atoms with Gasteiger partial charge < -0.3 is 19.7 Å². The Balaban J connectivity index is 1.79. The first-order valence-corrected chi connectivity index (χ1v) is 7.06. The first-order chi connectivity index (χ1) is 9.56. The second kappa shape index (κ2) is 7.08. The number of aryl methyl sites for hydroxylation is 1. The van der Waals surface area contributed by atoms with Crippen molar-refractivity contribution in [1.82, 2.24) is 9.80 Å². The van der Waals surface area contributed by atoms with Gasteiger partial charge in [-0.3, -0.25) is 4.90 Å². The zero-order valence-electron chi connectivity index (χ0n) is 12.2. The Bertz CT molecular complexity index is 434. The van der Waals surface area contributed by atoms with E-state index in [0.717, 1.165) is 44.0 Å². The summed E-state index contributed by atoms with van der Waals surface area (Å²) in [6, 6.07) is 5.23. The Kier molecular flexibility index (Phi) is 5.42. The minimum absolute atomic E-state index is 0.494. The summed E-state index contributed by atoms with van der Waals surface area (Å²) in [5, 5.41) is 18.2. The minimum atomic E-state index is -1.42. The van der Waals surface area contributed by atoms with Gasteiger partial charge in [-0.15, -0.1) is 0 Å². The van der Waals surface area contributed by atoms with Crippen molar-refractivity contribution in [3.8, 4) is 5.75 Å². The summed E-state index contributed by atoms with van der Waals surface area (Å²) >= 11 is 0. The predicted octanol–water partition coefficient (Wildman–Crippen LogP) is -0.699. The van der Waals surface area contributed by atoms with Crippen molar-refractivity contribution in [2.24, 2.45) is 0 Å². The predicted molar refractivity (Wildman–Crippen MR) is 80.4 cm³/mol. The number of hydrogen-bond acceptors (Lipinski definition) is 5. The van der Waals surface area contributed by atoms with E-state index in [0.29, 0.717) is 12.1 Å². The van der Waals surface area contributed by atoms with Crippen molar-refractivity contribution < 1.29 is 14.8 Å². The van der Waals surface area contributed by atoms with Gasteiger partial charge in [0, 0.05) is 32.7 Å². The van der Waals surface area contributed by atoms with Gasteiger partial charge in [0.15, 0.2) is 0 Å². The van der Waals surface area contributed by atoms with E-state index in [1.807, 2.05) is 6.92 Å². The molecule has 0 unspecified atom stereocenters. The van der Waals surface area contributed by atoms with Crippen LogP contribution >= 0.6 is 0 Å². The largest absolute Gasteiger partial charge is 0.492 e. The van der Waals surface area contributed by atoms with Crippen LogP contribution in [0.2, 0.25) is 0 Å². The molecule has 1 aliphatic heterocycles. The molecule has 0 spiro atoms. The summed E-state index contributed by atoms with van der Waals surface area (Å²) in [5.74, 6) is 0.809. The van der Waals surface area contributed by atoms with Gasteiger partial charge in [0.1, 0.15) is 12.4 Å². The smallest absolute Gasteiger partial charge is 0.488 e. The molecular formula is C14H23BN2O3. The topological polar surface area (TPSA) is 56.2 Å². The highest BCUT2D eigenvalue weighted by Gasteiger charge is 2.14. The monoisotopic (exact) mass is 278 g/mol. The highest BCUT2D eigenvalue weighted by Crippen LogP contribution is 2.15. The summed E-state index contributed by atoms with van der Waals surface area (Å²) in [7, 11) is 0.724. The molecule has 0 saturated carbocycles. The molecule has 5 nitrogen and oxygen atoms in total. The second-order valence-corrected chi connectivity index (χ2v) is 5.39. The van der Waals surface area contributed by atoms with Gasteiger partial charge in [0.25, 0.3) is 0 Å². The van der Waals surface area contributed by atoms with Gasteiger partial charge in [0.05, 0.1) is 0 Å². The van der Waals surface area contributed by atoms with E-state index in [9.17, 15) is 0 Å². The highest BCUT2D eigenvalue weighted by atomic mass is 16.5. The number of ether oxygens (including phenoxy) is 1. The summed E-state index contributed by atoms with van der Waals surface area (Å²) < 4.78 is 5.78. The molecule has 2 N–H and O–H groups in total. The van der Waals surface area contributed by atoms with Crippen LogP contribution in [0.25, 0.3) is 0 Å². The molecule has 1 aliphatic rings. The fraction of sp³-hybridized carbons (Fsp3) is 0.571. The lowest BCUT2D eigenvalue weighted by molar-refractivity contribution is 0.133. The van der Waals surface area contributed by atoms with Crippen molar-refractivity contribution in [2.45, 2.75) is 6.92 Å². The van der Waals surface area contributed by atoms with Gasteiger partial charge >= 0.3 is 7.12 Å². The number of benzene rings is 1. The fourth-order valence-corrected chi connectivity index (χ4v) is 2.35. The molecule has 110 valence electrons. The zero-order valence-corrected chi connectivity index (χ0v) is 12.2. The van der Waals surface area contributed by atoms with E-state index in [1.54, 1.807) is 18.2 Å². The Labute approximate surface area is 120 Å². The molecule has 1 heterocycles. The van der Waals surface area contributed by atoms with Crippen LogP contribution in [0.5, 0.6) is 5.75 Å². The van der Waals surface area contributed by atoms with Gasteiger partial charge in [-0.1, -0.05) is 12.1 Å². The molecule has 0 radical (unpaired) electrons. The lowest BCUT2D eigenvalue weighted by Crippen LogP contribution is -2.45. The van der Waals surface area contributed by atoms with E-state index >= 15 is 0 Å². The van der Waals surface area contributed by atoms with E-state index in [2.05, 4.69) is 16.8 Å². The first-order valence-electron chi connectivity index (χ1n) is 7.06. The minimum Gasteiger partial charge on any atom is -0.492 e. The Morgan fingerprint density at radius 1 is 1.20 bits per heavy atom. The van der Waals surface area contributed by atoms with Gasteiger partial charge in [-0.25, -0.2) is 0 Å². The summed E-state index contributed by atoms with van der Waals surface area (Å²) in [4.78, 5) is 4.74. The Morgan fingerprint density at radius 2 is 1.90 bits per heavy atom. The van der Waals surface area contributed by atoms with Crippen molar-refractivity contribution in [1.29, 1.82) is 0 Å². The molecule has 20 heavy (non-hydrogen) atoms. The number of piperazine rings is 1. The third-order valence-corrected chi connectivity index (χ3v) is 3.76. The molecule has 1 saturated heterocycles. The van der Waals surface area contributed by atoms with E-state index in [-0.39, 0.29) is 0 Å². The number of hydrogen-bond donors (Lipinski definition) is 2. The Hall–Kier alpha value is -1.08. The molecule has 1 aromatic carbocycles. The molecule has 0 atom stereocenters. The van der Waals surface area contributed by atoms with Crippen LogP contribution in [0.3, 0.4) is 0 Å². The number of likely N-dealkylation sites (N-methyl/N-ethyl adjacent to an activating group) is 1. The second-order valence-electron chi connectivity index (χ2n) is 5.39. The Morgan fingerprint density at radius 3 is 2.50 bits per heavy atom. The van der Waals surface area contributed by atoms with Gasteiger partial charge in [-0.2, -0.15) is 0 Å². The van der Waals surface area contributed by atoms with Crippen LogP contribution in [0, 0.1) is 6.92 Å². The summed E-state index contributed by atoms with van der Waals surface area (Å²) in [5.41, 5.74) is 1.42. The molecule has 0 amide bonds. The summed E-state index contributed by atoms with van der Waals surface area (Å²) in [6.07, 6.45) is 0. The number of nitrogens with zero attached hydrogens (tertiary/aromatic N) is 2. The lowest BCUT2D eigenvalue weighted by atomic mass is 9.79. The molecule has 1 fully saturated rings. The normalized spacial score (nSPS) is 17.2. The molecular weight excluding hydrogens is 255 g/mol. The van der Waals surface area contributed by atoms with Crippen molar-refractivity contribution in [3.05, 3.63) is 23.8 Å². The zero-order chi connectivity index (χ0) is 14.5. The molecule has 2 rings (SSSR count). The summed E-state index contributed by atoms with van der Waals surface area (Å²) in [6.45, 7) is 7.91. The van der Waals surface area contributed by atoms with E-state index < -0.39 is 7.12 Å². The lowest BCUT2D eigenvalue weighted by Gasteiger charge is -2.32. The van der Waals surface area contributed by atoms with Crippen LogP contribution in [0.15, 0.2) is 18.2 Å². The van der Waals surface area contributed by atoms with Crippen molar-refractivity contribution >= 4 is 12.6 Å². The highest BCUT2D eigenvalue weighted by molar-refractivity contribution is 6.58. The van der Waals surface area contributed by atoms with Crippen LogP contribution in [0.1, 0.15) is 5.56 Å². The maximum Gasteiger partial charge on any atom is 0.488 e. The van der Waals surface area contributed by atoms with E-state index in [1.165, 1.54) is 0 Å². The maximum atomic E-state index is 9.11. The third-order valence-electron chi connectivity index (χ3n) is 3.76. The molecule has 0 aliphatic carbocycles. The standard InChI is InChI=1S/C14H23BN2O3/c1-12-11-13(15(18)19)3-4-14(12)20-10-9-17-7-5-16(2)6-8-17/h3-4,11,18-19H,5-10H2,1-2H3. The van der Waals surface area contributed by atoms with Gasteiger partial charge in [-0.05, 0) is 31.1 Å². The van der Waals surface area contributed by atoms with Crippen LogP contribution in [0.4, 0.5) is 0 Å². The van der Waals surface area contributed by atoms with Crippen LogP contribution in [-0.2, 0) is 0 Å². The average molecular weight is 278 g/mol.